The normalized spacial score (nSPS) is 14.8. The third kappa shape index (κ3) is 16.7. The van der Waals surface area contributed by atoms with Crippen molar-refractivity contribution in [2.45, 2.75) is 138 Å². The van der Waals surface area contributed by atoms with Gasteiger partial charge in [0, 0.05) is 369 Å². The molecule has 6 aliphatic heterocycles. The lowest BCUT2D eigenvalue weighted by Gasteiger charge is -2.29. The van der Waals surface area contributed by atoms with Gasteiger partial charge in [0.15, 0.2) is 0 Å². The number of halogens is 1. The first-order valence-corrected chi connectivity index (χ1v) is 45.0. The predicted molar refractivity (Wildman–Crippen MR) is 504 cm³/mol. The number of H-pyrrole nitrogens is 4. The number of nitrogens with one attached hydrogen (secondary N) is 4. The summed E-state index contributed by atoms with van der Waals surface area (Å²) in [6.45, 7) is 20.9. The maximum absolute atomic E-state index is 12.1. The number of benzene rings is 5. The number of hydrogen-bond donors (Lipinski definition) is 4. The Balaban J connectivity index is 0.000000110. The summed E-state index contributed by atoms with van der Waals surface area (Å²) in [6.07, 6.45) is 19.9. The van der Waals surface area contributed by atoms with Crippen LogP contribution in [-0.4, -0.2) is 203 Å². The van der Waals surface area contributed by atoms with Crippen molar-refractivity contribution in [3.8, 4) is 73.2 Å². The zero-order valence-electron chi connectivity index (χ0n) is 76.5. The highest BCUT2D eigenvalue weighted by molar-refractivity contribution is 6.35. The standard InChI is InChI=1S/C24H30N4O2.C21H22N6O.C19H20N4O3.C18H20N4O2.C17H17ClN4O/c1-16(2)27-15-20(19-6-4-5-7-22(19)27)24-21-14-26(17(3)29)11-8-23(21)28(25-24)18-9-12-30-13-10-18;1-13(28)27-7-6-20-18(12-27)21(24-26(20)3)17-10-22-19-5-4-14(8-16(17)19)15-9-23-25(2)11-15;1-11(24)23-7-5-17-15(10-23)18(21-22(17)2)14-8-12(19(25)26-3)9-16-13(14)4-6-20-16;1-11(23)22-7-5-17-15(10-22)18(20-21(17)2)14-8-12(24-3)9-16-13(14)4-6-19-16;1-10(23)22-8-6-15-13(9-22)16(20-21(15)2)11-3-4-14(18)17-12(11)5-7-19-17/h4-7,15-16,18H,8-14H2,1-3H3;4-5,8-11,22H,6-7,12H2,1-3H3;4,6,8-9,20H,5,7,10H2,1-3H3;4,6,8-9,19H,5,7,10H2,1-3H3;3-5,7,19H,6,8-9H2,1-2H3. The first-order valence-electron chi connectivity index (χ1n) is 44.7. The van der Waals surface area contributed by atoms with Crippen molar-refractivity contribution < 1.29 is 43.0 Å². The van der Waals surface area contributed by atoms with Crippen LogP contribution in [0.2, 0.25) is 5.02 Å². The van der Waals surface area contributed by atoms with E-state index in [1.165, 1.54) is 51.9 Å². The number of amides is 5. The Morgan fingerprint density at radius 3 is 1.43 bits per heavy atom. The number of aromatic nitrogens is 17. The Kier molecular flexibility index (Phi) is 24.1. The minimum absolute atomic E-state index is 0.0561. The van der Waals surface area contributed by atoms with E-state index in [1.807, 2.05) is 163 Å². The van der Waals surface area contributed by atoms with Crippen LogP contribution in [0, 0.1) is 0 Å². The lowest BCUT2D eigenvalue weighted by molar-refractivity contribution is -0.130. The number of rotatable bonds is 10. The molecule has 5 aromatic carbocycles. The van der Waals surface area contributed by atoms with Crippen LogP contribution in [-0.2, 0) is 134 Å². The smallest absolute Gasteiger partial charge is 0.337 e. The highest BCUT2D eigenvalue weighted by atomic mass is 35.5. The van der Waals surface area contributed by atoms with E-state index in [1.54, 1.807) is 47.8 Å². The molecule has 0 atom stereocenters. The first-order chi connectivity index (χ1) is 63.2. The van der Waals surface area contributed by atoms with Gasteiger partial charge in [-0.2, -0.15) is 30.6 Å². The SMILES string of the molecule is CC(=O)N1CCc2c(c(-c3c[nH]c4ccc(-c5cnn(C)c5)cc34)nn2C)C1.CC(=O)N1CCc2c(c(-c3ccc(Cl)c4[nH]ccc34)nn2C)C1.CC(=O)N1CCc2c(c(-c3cn(C(C)C)c4ccccc34)nn2C2CCOCC2)C1.COC(=O)c1cc(-c2nn(C)c3c2CN(C(C)=O)CC3)c2cc[nH]c2c1.COc1cc(-c2nn(C)c3c2CN(C(C)=O)CC3)c2cc[nH]c2c1. The molecule has 6 aliphatic rings. The van der Waals surface area contributed by atoms with Gasteiger partial charge in [0.05, 0.1) is 71.0 Å². The van der Waals surface area contributed by atoms with E-state index in [-0.39, 0.29) is 29.5 Å². The van der Waals surface area contributed by atoms with E-state index in [0.29, 0.717) is 61.9 Å². The van der Waals surface area contributed by atoms with Crippen molar-refractivity contribution in [1.29, 1.82) is 0 Å². The van der Waals surface area contributed by atoms with Gasteiger partial charge < -0.3 is 63.2 Å². The third-order valence-corrected chi connectivity index (χ3v) is 27.1. The van der Waals surface area contributed by atoms with Crippen molar-refractivity contribution in [2.75, 3.05) is 60.2 Å². The van der Waals surface area contributed by atoms with Gasteiger partial charge in [-0.1, -0.05) is 41.9 Å². The molecule has 0 aliphatic carbocycles. The number of carbonyl (C=O) groups is 6. The second-order valence-electron chi connectivity index (χ2n) is 35.0. The van der Waals surface area contributed by atoms with Gasteiger partial charge in [0.25, 0.3) is 0 Å². The second kappa shape index (κ2) is 36.1. The summed E-state index contributed by atoms with van der Waals surface area (Å²) in [4.78, 5) is 93.9. The van der Waals surface area contributed by atoms with Gasteiger partial charge in [-0.3, -0.25) is 52.1 Å². The second-order valence-corrected chi connectivity index (χ2v) is 35.4. The average Bonchev–Trinajstić information content (AvgIpc) is 1.40. The summed E-state index contributed by atoms with van der Waals surface area (Å²) >= 11 is 6.26. The van der Waals surface area contributed by atoms with Gasteiger partial charge in [0.1, 0.15) is 5.75 Å². The monoisotopic (exact) mass is 1780 g/mol. The Morgan fingerprint density at radius 2 is 0.924 bits per heavy atom. The minimum Gasteiger partial charge on any atom is -0.497 e. The topological polar surface area (TPSA) is 321 Å². The van der Waals surface area contributed by atoms with Gasteiger partial charge in [-0.25, -0.2) is 4.79 Å². The molecule has 0 spiro atoms. The highest BCUT2D eigenvalue weighted by Gasteiger charge is 2.36. The van der Waals surface area contributed by atoms with E-state index in [2.05, 4.69) is 103 Å². The quantitative estimate of drug-likeness (QED) is 0.0925. The lowest BCUT2D eigenvalue weighted by Crippen LogP contribution is -2.35. The summed E-state index contributed by atoms with van der Waals surface area (Å²) in [5.41, 5.74) is 29.4. The number of carbonyl (C=O) groups excluding carboxylic acids is 6. The molecule has 32 heteroatoms. The average molecular weight is 1790 g/mol. The molecule has 676 valence electrons. The summed E-state index contributed by atoms with van der Waals surface area (Å²) in [5, 5.41) is 34.8. The molecule has 1 saturated heterocycles. The molecule has 131 heavy (non-hydrogen) atoms. The van der Waals surface area contributed by atoms with Crippen LogP contribution in [0.5, 0.6) is 5.75 Å². The molecular formula is C99H109ClN22O9. The Bertz CT molecular complexity index is 7140. The largest absolute Gasteiger partial charge is 0.497 e. The maximum atomic E-state index is 12.1. The van der Waals surface area contributed by atoms with Gasteiger partial charge in [-0.05, 0) is 92.9 Å². The van der Waals surface area contributed by atoms with Crippen LogP contribution < -0.4 is 4.74 Å². The van der Waals surface area contributed by atoms with E-state index in [9.17, 15) is 28.8 Å². The number of aromatic amines is 4. The number of nitrogens with zero attached hydrogens (tertiary/aromatic N) is 18. The number of fused-ring (bicyclic) bond motifs is 10. The molecule has 0 unspecified atom stereocenters. The van der Waals surface area contributed by atoms with Crippen LogP contribution in [0.15, 0.2) is 140 Å². The summed E-state index contributed by atoms with van der Waals surface area (Å²) in [6, 6.07) is 33.2. The molecule has 22 rings (SSSR count). The summed E-state index contributed by atoms with van der Waals surface area (Å²) in [7, 11) is 12.8. The Labute approximate surface area is 762 Å². The van der Waals surface area contributed by atoms with Crippen molar-refractivity contribution in [1.82, 2.24) is 108 Å². The number of aryl methyl sites for hydroxylation is 5. The number of hydrogen-bond acceptors (Lipinski definition) is 15. The molecule has 11 aromatic heterocycles. The number of methoxy groups -OCH3 is 2. The van der Waals surface area contributed by atoms with E-state index < -0.39 is 5.97 Å². The fourth-order valence-electron chi connectivity index (χ4n) is 19.7. The van der Waals surface area contributed by atoms with Gasteiger partial charge >= 0.3 is 5.97 Å². The van der Waals surface area contributed by atoms with Gasteiger partial charge in [-0.15, -0.1) is 0 Å². The molecule has 0 bridgehead atoms. The van der Waals surface area contributed by atoms with Crippen molar-refractivity contribution in [3.63, 3.8) is 0 Å². The Hall–Kier alpha value is -14.1. The maximum Gasteiger partial charge on any atom is 0.337 e. The van der Waals surface area contributed by atoms with Crippen LogP contribution in [0.25, 0.3) is 122 Å². The molecule has 16 aromatic rings. The van der Waals surface area contributed by atoms with Crippen molar-refractivity contribution in [2.24, 2.45) is 35.2 Å². The van der Waals surface area contributed by atoms with Crippen molar-refractivity contribution >= 4 is 102 Å². The molecule has 5 amide bonds. The van der Waals surface area contributed by atoms with Gasteiger partial charge in [0.2, 0.25) is 29.5 Å². The molecule has 4 N–H and O–H groups in total. The fraction of sp³-hybridized carbons (Fsp3) is 0.354. The zero-order valence-corrected chi connectivity index (χ0v) is 77.2. The van der Waals surface area contributed by atoms with E-state index >= 15 is 0 Å². The third-order valence-electron chi connectivity index (χ3n) is 26.8. The number of para-hydroxylation sites is 1. The zero-order chi connectivity index (χ0) is 91.6. The molecule has 17 heterocycles. The summed E-state index contributed by atoms with van der Waals surface area (Å²) in [5.74, 6) is 0.909. The fourth-order valence-corrected chi connectivity index (χ4v) is 20.0. The van der Waals surface area contributed by atoms with Crippen LogP contribution in [0.3, 0.4) is 0 Å². The van der Waals surface area contributed by atoms with Crippen LogP contribution in [0.1, 0.15) is 140 Å². The van der Waals surface area contributed by atoms with Crippen molar-refractivity contribution in [3.05, 3.63) is 207 Å². The molecule has 0 radical (unpaired) electrons. The molecule has 0 saturated carbocycles. The highest BCUT2D eigenvalue weighted by Crippen LogP contribution is 2.44. The lowest BCUT2D eigenvalue weighted by atomic mass is 9.97. The predicted octanol–water partition coefficient (Wildman–Crippen LogP) is 15.1. The first kappa shape index (κ1) is 87.6. The number of ether oxygens (including phenoxy) is 3. The molecule has 31 nitrogen and oxygen atoms in total. The molecule has 1 fully saturated rings. The molecular weight excluding hydrogens is 1680 g/mol. The minimum atomic E-state index is -0.391. The van der Waals surface area contributed by atoms with Crippen LogP contribution in [0.4, 0.5) is 0 Å². The van der Waals surface area contributed by atoms with E-state index in [0.717, 1.165) is 223 Å². The summed E-state index contributed by atoms with van der Waals surface area (Å²) < 4.78 is 30.1. The van der Waals surface area contributed by atoms with Crippen LogP contribution >= 0.6 is 11.6 Å². The Morgan fingerprint density at radius 1 is 0.450 bits per heavy atom. The number of esters is 1. The van der Waals surface area contributed by atoms with E-state index in [4.69, 9.17) is 51.3 Å².